The highest BCUT2D eigenvalue weighted by Gasteiger charge is 2.50. The number of aromatic nitrogens is 2. The number of aryl methyl sites for hydroxylation is 2. The zero-order valence-electron chi connectivity index (χ0n) is 16.6. The molecule has 2 aromatic heterocycles. The van der Waals surface area contributed by atoms with Gasteiger partial charge in [-0.15, -0.1) is 0 Å². The highest BCUT2D eigenvalue weighted by molar-refractivity contribution is 7.19. The number of ether oxygens (including phenoxy) is 1. The molecule has 2 amide bonds. The average molecular weight is 421 g/mol. The summed E-state index contributed by atoms with van der Waals surface area (Å²) in [7, 11) is 0. The normalized spacial score (nSPS) is 16.6. The molecule has 0 aliphatic carbocycles. The Kier molecular flexibility index (Phi) is 4.34. The van der Waals surface area contributed by atoms with Crippen LogP contribution in [0, 0.1) is 30.6 Å². The van der Waals surface area contributed by atoms with Gasteiger partial charge in [0, 0.05) is 25.6 Å². The molecule has 9 heteroatoms. The molecule has 4 heterocycles. The number of carbonyl (C=O) groups excluding carboxylic acids is 1. The number of likely N-dealkylation sites (tertiary alicyclic amines) is 1. The van der Waals surface area contributed by atoms with Crippen LogP contribution in [0.4, 0.5) is 9.93 Å². The van der Waals surface area contributed by atoms with E-state index in [4.69, 9.17) is 9.15 Å². The SMILES string of the molecule is Cc1nc(C)c(-c2sc(NC(=O)N3CC4(COC4)C3)nc2-c2cccc(C#N)c2)o1. The molecule has 2 fully saturated rings. The first-order valence-electron chi connectivity index (χ1n) is 9.56. The van der Waals surface area contributed by atoms with E-state index in [0.29, 0.717) is 41.1 Å². The van der Waals surface area contributed by atoms with Gasteiger partial charge in [-0.1, -0.05) is 23.5 Å². The summed E-state index contributed by atoms with van der Waals surface area (Å²) in [5, 5.41) is 12.7. The summed E-state index contributed by atoms with van der Waals surface area (Å²) in [6.07, 6.45) is 0. The number of nitrogens with one attached hydrogen (secondary N) is 1. The van der Waals surface area contributed by atoms with Crippen molar-refractivity contribution in [2.75, 3.05) is 31.6 Å². The number of rotatable bonds is 3. The molecule has 0 atom stereocenters. The summed E-state index contributed by atoms with van der Waals surface area (Å²) in [5.41, 5.74) is 2.88. The van der Waals surface area contributed by atoms with Crippen molar-refractivity contribution in [1.29, 1.82) is 5.26 Å². The Labute approximate surface area is 177 Å². The van der Waals surface area contributed by atoms with E-state index in [-0.39, 0.29) is 11.4 Å². The molecule has 0 saturated carbocycles. The van der Waals surface area contributed by atoms with Gasteiger partial charge in [-0.3, -0.25) is 5.32 Å². The molecule has 152 valence electrons. The topological polar surface area (TPSA) is 104 Å². The summed E-state index contributed by atoms with van der Waals surface area (Å²) in [5.74, 6) is 1.18. The highest BCUT2D eigenvalue weighted by Crippen LogP contribution is 2.42. The third-order valence-electron chi connectivity index (χ3n) is 5.37. The van der Waals surface area contributed by atoms with E-state index in [1.54, 1.807) is 24.0 Å². The number of thiazole rings is 1. The fourth-order valence-electron chi connectivity index (χ4n) is 3.85. The first kappa shape index (κ1) is 18.8. The number of nitriles is 1. The summed E-state index contributed by atoms with van der Waals surface area (Å²) in [4.78, 5) is 24.2. The Hall–Kier alpha value is -3.22. The lowest BCUT2D eigenvalue weighted by molar-refractivity contribution is -0.174. The van der Waals surface area contributed by atoms with Crippen molar-refractivity contribution in [2.45, 2.75) is 13.8 Å². The summed E-state index contributed by atoms with van der Waals surface area (Å²) < 4.78 is 11.1. The maximum absolute atomic E-state index is 12.6. The molecule has 2 aliphatic heterocycles. The molecule has 0 bridgehead atoms. The van der Waals surface area contributed by atoms with E-state index in [9.17, 15) is 10.1 Å². The Bertz CT molecular complexity index is 1180. The molecule has 8 nitrogen and oxygen atoms in total. The zero-order chi connectivity index (χ0) is 20.9. The average Bonchev–Trinajstić information content (AvgIpc) is 3.21. The second-order valence-corrected chi connectivity index (χ2v) is 8.81. The van der Waals surface area contributed by atoms with Crippen LogP contribution in [-0.4, -0.2) is 47.2 Å². The van der Waals surface area contributed by atoms with E-state index in [2.05, 4.69) is 21.4 Å². The first-order chi connectivity index (χ1) is 14.5. The first-order valence-corrected chi connectivity index (χ1v) is 10.4. The Balaban J connectivity index is 1.47. The van der Waals surface area contributed by atoms with Gasteiger partial charge in [-0.05, 0) is 19.1 Å². The number of carbonyl (C=O) groups is 1. The number of oxazole rings is 1. The van der Waals surface area contributed by atoms with Crippen LogP contribution < -0.4 is 5.32 Å². The van der Waals surface area contributed by atoms with Crippen molar-refractivity contribution >= 4 is 22.5 Å². The third kappa shape index (κ3) is 3.14. The highest BCUT2D eigenvalue weighted by atomic mass is 32.1. The fourth-order valence-corrected chi connectivity index (χ4v) is 4.86. The molecule has 30 heavy (non-hydrogen) atoms. The van der Waals surface area contributed by atoms with E-state index < -0.39 is 0 Å². The molecule has 3 aromatic rings. The molecule has 2 saturated heterocycles. The van der Waals surface area contributed by atoms with Crippen molar-refractivity contribution in [2.24, 2.45) is 5.41 Å². The predicted molar refractivity (Wildman–Crippen MR) is 111 cm³/mol. The van der Waals surface area contributed by atoms with Crippen LogP contribution in [0.1, 0.15) is 17.1 Å². The van der Waals surface area contributed by atoms with Gasteiger partial charge in [0.2, 0.25) is 0 Å². The van der Waals surface area contributed by atoms with E-state index in [0.717, 1.165) is 29.3 Å². The molecule has 2 aliphatic rings. The molecule has 5 rings (SSSR count). The van der Waals surface area contributed by atoms with Crippen LogP contribution in [0.2, 0.25) is 0 Å². The molecule has 1 spiro atoms. The van der Waals surface area contributed by atoms with Gasteiger partial charge in [0.1, 0.15) is 4.88 Å². The minimum Gasteiger partial charge on any atom is -0.440 e. The molecule has 0 radical (unpaired) electrons. The van der Waals surface area contributed by atoms with Gasteiger partial charge in [0.25, 0.3) is 0 Å². The Morgan fingerprint density at radius 3 is 2.73 bits per heavy atom. The second kappa shape index (κ2) is 6.93. The molecule has 1 N–H and O–H groups in total. The smallest absolute Gasteiger partial charge is 0.323 e. The maximum Gasteiger partial charge on any atom is 0.323 e. The van der Waals surface area contributed by atoms with Crippen LogP contribution >= 0.6 is 11.3 Å². The third-order valence-corrected chi connectivity index (χ3v) is 6.34. The zero-order valence-corrected chi connectivity index (χ0v) is 17.4. The second-order valence-electron chi connectivity index (χ2n) is 7.82. The van der Waals surface area contributed by atoms with Gasteiger partial charge in [-0.2, -0.15) is 5.26 Å². The maximum atomic E-state index is 12.6. The van der Waals surface area contributed by atoms with Gasteiger partial charge in [0.05, 0.1) is 41.6 Å². The summed E-state index contributed by atoms with van der Waals surface area (Å²) in [6, 6.07) is 9.20. The minimum atomic E-state index is -0.171. The van der Waals surface area contributed by atoms with Crippen LogP contribution in [-0.2, 0) is 4.74 Å². The van der Waals surface area contributed by atoms with Gasteiger partial charge in [0.15, 0.2) is 16.8 Å². The van der Waals surface area contributed by atoms with Crippen molar-refractivity contribution < 1.29 is 13.9 Å². The molecular formula is C21H19N5O3S. The summed E-state index contributed by atoms with van der Waals surface area (Å²) >= 11 is 1.34. The number of hydrogen-bond donors (Lipinski definition) is 1. The lowest BCUT2D eigenvalue weighted by Gasteiger charge is -2.54. The van der Waals surface area contributed by atoms with Crippen LogP contribution in [0.5, 0.6) is 0 Å². The molecule has 1 aromatic carbocycles. The van der Waals surface area contributed by atoms with Crippen molar-refractivity contribution in [3.05, 3.63) is 41.4 Å². The fraction of sp³-hybridized carbons (Fsp3) is 0.333. The van der Waals surface area contributed by atoms with Gasteiger partial charge < -0.3 is 14.1 Å². The van der Waals surface area contributed by atoms with Crippen LogP contribution in [0.15, 0.2) is 28.7 Å². The number of urea groups is 1. The number of anilines is 1. The van der Waals surface area contributed by atoms with Crippen molar-refractivity contribution in [3.63, 3.8) is 0 Å². The minimum absolute atomic E-state index is 0.156. The predicted octanol–water partition coefficient (Wildman–Crippen LogP) is 3.82. The van der Waals surface area contributed by atoms with E-state index >= 15 is 0 Å². The number of nitrogens with zero attached hydrogens (tertiary/aromatic N) is 4. The van der Waals surface area contributed by atoms with E-state index in [1.807, 2.05) is 19.1 Å². The van der Waals surface area contributed by atoms with Gasteiger partial charge >= 0.3 is 6.03 Å². The lowest BCUT2D eigenvalue weighted by atomic mass is 9.78. The largest absolute Gasteiger partial charge is 0.440 e. The Morgan fingerprint density at radius 1 is 1.30 bits per heavy atom. The molecule has 0 unspecified atom stereocenters. The van der Waals surface area contributed by atoms with Crippen LogP contribution in [0.3, 0.4) is 0 Å². The number of hydrogen-bond acceptors (Lipinski definition) is 7. The number of benzene rings is 1. The molecular weight excluding hydrogens is 402 g/mol. The monoisotopic (exact) mass is 421 g/mol. The quantitative estimate of drug-likeness (QED) is 0.689. The Morgan fingerprint density at radius 2 is 2.10 bits per heavy atom. The van der Waals surface area contributed by atoms with Gasteiger partial charge in [-0.25, -0.2) is 14.8 Å². The van der Waals surface area contributed by atoms with Crippen molar-refractivity contribution in [3.8, 4) is 28.0 Å². The lowest BCUT2D eigenvalue weighted by Crippen LogP contribution is -2.67. The number of amides is 2. The standard InChI is InChI=1S/C21H19N5O3S/c1-12-17(29-13(2)23-12)18-16(15-5-3-4-14(6-15)7-22)24-19(30-18)25-20(27)26-8-21(9-26)10-28-11-21/h3-6H,8-11H2,1-2H3,(H,24,25,27). The van der Waals surface area contributed by atoms with Crippen LogP contribution in [0.25, 0.3) is 21.9 Å². The summed E-state index contributed by atoms with van der Waals surface area (Å²) in [6.45, 7) is 6.52. The van der Waals surface area contributed by atoms with Crippen molar-refractivity contribution in [1.82, 2.24) is 14.9 Å². The van der Waals surface area contributed by atoms with E-state index in [1.165, 1.54) is 11.3 Å².